The van der Waals surface area contributed by atoms with Gasteiger partial charge in [0.25, 0.3) is 0 Å². The van der Waals surface area contributed by atoms with E-state index in [1.165, 1.54) is 0 Å². The maximum atomic E-state index is 13.0. The van der Waals surface area contributed by atoms with E-state index >= 15 is 0 Å². The number of fused-ring (bicyclic) bond motifs is 1. The number of ether oxygens (including phenoxy) is 1. The second kappa shape index (κ2) is 9.51. The van der Waals surface area contributed by atoms with Crippen LogP contribution in [-0.4, -0.2) is 58.3 Å². The molecule has 0 atom stereocenters. The van der Waals surface area contributed by atoms with E-state index in [1.807, 2.05) is 30.3 Å². The molecule has 6 nitrogen and oxygen atoms in total. The van der Waals surface area contributed by atoms with Crippen molar-refractivity contribution in [1.82, 2.24) is 19.7 Å². The number of hydrogen-bond donors (Lipinski definition) is 0. The van der Waals surface area contributed by atoms with Gasteiger partial charge in [-0.15, -0.1) is 0 Å². The quantitative estimate of drug-likeness (QED) is 0.592. The number of benzene rings is 1. The first-order valence-electron chi connectivity index (χ1n) is 11.8. The Balaban J connectivity index is 1.20. The van der Waals surface area contributed by atoms with Gasteiger partial charge in [0, 0.05) is 68.1 Å². The molecule has 1 saturated carbocycles. The summed E-state index contributed by atoms with van der Waals surface area (Å²) in [4.78, 5) is 20.1. The minimum atomic E-state index is 0.190. The molecule has 1 aliphatic heterocycles. The fourth-order valence-electron chi connectivity index (χ4n) is 5.17. The van der Waals surface area contributed by atoms with Crippen molar-refractivity contribution in [3.8, 4) is 11.1 Å². The summed E-state index contributed by atoms with van der Waals surface area (Å²) in [5, 5.41) is 6.49. The highest BCUT2D eigenvalue weighted by atomic mass is 16.5. The predicted molar refractivity (Wildman–Crippen MR) is 125 cm³/mol. The van der Waals surface area contributed by atoms with Crippen LogP contribution in [-0.2, 0) is 23.0 Å². The maximum Gasteiger partial charge on any atom is 0.141 e. The molecule has 6 heteroatoms. The molecule has 2 aliphatic rings. The van der Waals surface area contributed by atoms with Crippen molar-refractivity contribution < 1.29 is 9.53 Å². The third-order valence-corrected chi connectivity index (χ3v) is 7.09. The lowest BCUT2D eigenvalue weighted by Crippen LogP contribution is -2.40. The van der Waals surface area contributed by atoms with Crippen LogP contribution in [0.25, 0.3) is 21.9 Å². The molecule has 2 fully saturated rings. The average molecular weight is 433 g/mol. The van der Waals surface area contributed by atoms with E-state index in [2.05, 4.69) is 39.2 Å². The molecule has 3 aromatic rings. The maximum absolute atomic E-state index is 13.0. The molecule has 0 amide bonds. The summed E-state index contributed by atoms with van der Waals surface area (Å²) in [6.07, 6.45) is 10.6. The minimum absolute atomic E-state index is 0.190. The third kappa shape index (κ3) is 4.92. The molecule has 0 bridgehead atoms. The molecule has 0 spiro atoms. The minimum Gasteiger partial charge on any atom is -0.379 e. The van der Waals surface area contributed by atoms with Crippen molar-refractivity contribution >= 4 is 16.6 Å². The van der Waals surface area contributed by atoms with Crippen LogP contribution in [0.2, 0.25) is 0 Å². The molecule has 168 valence electrons. The highest BCUT2D eigenvalue weighted by Crippen LogP contribution is 2.31. The molecule has 2 aromatic heterocycles. The molecular formula is C26H32N4O2. The Hall–Kier alpha value is -2.57. The highest BCUT2D eigenvalue weighted by molar-refractivity contribution is 5.88. The van der Waals surface area contributed by atoms with E-state index in [4.69, 9.17) is 4.74 Å². The molecule has 1 aliphatic carbocycles. The number of pyridine rings is 1. The number of carbonyl (C=O) groups excluding carboxylic acids is 1. The van der Waals surface area contributed by atoms with E-state index < -0.39 is 0 Å². The molecule has 0 N–H and O–H groups in total. The second-order valence-corrected chi connectivity index (χ2v) is 9.41. The summed E-state index contributed by atoms with van der Waals surface area (Å²) >= 11 is 0. The summed E-state index contributed by atoms with van der Waals surface area (Å²) in [6.45, 7) is 4.98. The Morgan fingerprint density at radius 3 is 2.59 bits per heavy atom. The van der Waals surface area contributed by atoms with Gasteiger partial charge in [0.15, 0.2) is 0 Å². The Labute approximate surface area is 189 Å². The van der Waals surface area contributed by atoms with E-state index in [0.29, 0.717) is 12.2 Å². The van der Waals surface area contributed by atoms with E-state index in [0.717, 1.165) is 92.0 Å². The molecular weight excluding hydrogens is 400 g/mol. The average Bonchev–Trinajstić information content (AvgIpc) is 3.26. The second-order valence-electron chi connectivity index (χ2n) is 9.41. The van der Waals surface area contributed by atoms with E-state index in [1.54, 1.807) is 0 Å². The zero-order valence-corrected chi connectivity index (χ0v) is 18.9. The van der Waals surface area contributed by atoms with Crippen LogP contribution in [0, 0.1) is 11.8 Å². The van der Waals surface area contributed by atoms with Crippen LogP contribution < -0.4 is 0 Å². The number of Topliss-reactive ketones (excluding diaryl/α,β-unsaturated/α-hetero) is 1. The number of morpholine rings is 1. The predicted octanol–water partition coefficient (Wildman–Crippen LogP) is 3.89. The number of aromatic nitrogens is 3. The van der Waals surface area contributed by atoms with Crippen molar-refractivity contribution in [1.29, 1.82) is 0 Å². The molecule has 0 radical (unpaired) electrons. The largest absolute Gasteiger partial charge is 0.379 e. The zero-order valence-electron chi connectivity index (χ0n) is 18.9. The van der Waals surface area contributed by atoms with Gasteiger partial charge in [-0.25, -0.2) is 0 Å². The number of nitrogens with zero attached hydrogens (tertiary/aromatic N) is 4. The molecule has 5 rings (SSSR count). The smallest absolute Gasteiger partial charge is 0.141 e. The van der Waals surface area contributed by atoms with Crippen LogP contribution in [0.5, 0.6) is 0 Å². The standard InChI is InChI=1S/C26H32N4O2/c1-29-18-24(16-28-29)21-6-7-22-15-27-25(13-23(22)12-21)14-26(31)20-4-2-19(3-5-20)17-30-8-10-32-11-9-30/h6-7,12-13,15-16,18-20H,2-5,8-11,14,17H2,1H3. The number of ketones is 1. The Kier molecular flexibility index (Phi) is 6.32. The van der Waals surface area contributed by atoms with Crippen molar-refractivity contribution in [2.75, 3.05) is 32.8 Å². The molecule has 3 heterocycles. The lowest BCUT2D eigenvalue weighted by molar-refractivity contribution is -0.123. The first-order valence-corrected chi connectivity index (χ1v) is 11.8. The van der Waals surface area contributed by atoms with Gasteiger partial charge in [-0.05, 0) is 54.7 Å². The summed E-state index contributed by atoms with van der Waals surface area (Å²) < 4.78 is 7.27. The summed E-state index contributed by atoms with van der Waals surface area (Å²) in [7, 11) is 1.92. The van der Waals surface area contributed by atoms with Crippen LogP contribution in [0.15, 0.2) is 42.9 Å². The Morgan fingerprint density at radius 2 is 1.84 bits per heavy atom. The van der Waals surface area contributed by atoms with E-state index in [9.17, 15) is 4.79 Å². The topological polar surface area (TPSA) is 60.2 Å². The molecule has 1 saturated heterocycles. The van der Waals surface area contributed by atoms with Crippen molar-refractivity contribution in [2.24, 2.45) is 18.9 Å². The van der Waals surface area contributed by atoms with Crippen molar-refractivity contribution in [3.05, 3.63) is 48.5 Å². The third-order valence-electron chi connectivity index (χ3n) is 7.09. The fourth-order valence-corrected chi connectivity index (χ4v) is 5.17. The number of hydrogen-bond acceptors (Lipinski definition) is 5. The van der Waals surface area contributed by atoms with Gasteiger partial charge in [0.2, 0.25) is 0 Å². The zero-order chi connectivity index (χ0) is 21.9. The van der Waals surface area contributed by atoms with Crippen LogP contribution in [0.3, 0.4) is 0 Å². The van der Waals surface area contributed by atoms with Gasteiger partial charge in [0.05, 0.1) is 19.4 Å². The normalized spacial score (nSPS) is 22.3. The van der Waals surface area contributed by atoms with Gasteiger partial charge in [-0.1, -0.05) is 12.1 Å². The van der Waals surface area contributed by atoms with E-state index in [-0.39, 0.29) is 5.92 Å². The van der Waals surface area contributed by atoms with Gasteiger partial charge in [0.1, 0.15) is 5.78 Å². The first-order chi connectivity index (χ1) is 15.6. The SMILES string of the molecule is Cn1cc(-c2ccc3cnc(CC(=O)C4CCC(CN5CCOCC5)CC4)cc3c2)cn1. The van der Waals surface area contributed by atoms with Crippen molar-refractivity contribution in [2.45, 2.75) is 32.1 Å². The molecule has 0 unspecified atom stereocenters. The monoisotopic (exact) mass is 432 g/mol. The molecule has 32 heavy (non-hydrogen) atoms. The number of rotatable bonds is 6. The van der Waals surface area contributed by atoms with Gasteiger partial charge >= 0.3 is 0 Å². The lowest BCUT2D eigenvalue weighted by Gasteiger charge is -2.34. The summed E-state index contributed by atoms with van der Waals surface area (Å²) in [5.74, 6) is 1.27. The Morgan fingerprint density at radius 1 is 1.03 bits per heavy atom. The van der Waals surface area contributed by atoms with Gasteiger partial charge in [-0.3, -0.25) is 19.4 Å². The number of aryl methyl sites for hydroxylation is 1. The van der Waals surface area contributed by atoms with Crippen molar-refractivity contribution in [3.63, 3.8) is 0 Å². The van der Waals surface area contributed by atoms with Gasteiger partial charge < -0.3 is 4.74 Å². The van der Waals surface area contributed by atoms with Crippen LogP contribution >= 0.6 is 0 Å². The molecule has 1 aromatic carbocycles. The summed E-state index contributed by atoms with van der Waals surface area (Å²) in [6, 6.07) is 8.43. The van der Waals surface area contributed by atoms with Crippen LogP contribution in [0.4, 0.5) is 0 Å². The highest BCUT2D eigenvalue weighted by Gasteiger charge is 2.27. The fraction of sp³-hybridized carbons (Fsp3) is 0.500. The van der Waals surface area contributed by atoms with Gasteiger partial charge in [-0.2, -0.15) is 5.10 Å². The number of carbonyl (C=O) groups is 1. The van der Waals surface area contributed by atoms with Crippen LogP contribution in [0.1, 0.15) is 31.4 Å². The Bertz CT molecular complexity index is 1080. The summed E-state index contributed by atoms with van der Waals surface area (Å²) in [5.41, 5.74) is 3.10. The lowest BCUT2D eigenvalue weighted by atomic mass is 9.79. The first kappa shape index (κ1) is 21.3.